The first-order chi connectivity index (χ1) is 16.6. The predicted octanol–water partition coefficient (Wildman–Crippen LogP) is 6.66. The standard InChI is InChI=1S/C27H34F3N3S2/c1-25(2)22(32-6-8-35-9-7-32)23(31-26-14-17-10-18(15-26)12-19(11-17)16-26)33(24(25)34)21-5-3-4-20(13-21)27(28,29)30/h3-5,13,17-19,22H,6-12,14-16H2,1-2H3/t17?,18?,19?,22-,26?/m0/s1. The second-order valence-electron chi connectivity index (χ2n) is 12.1. The van der Waals surface area contributed by atoms with Crippen LogP contribution in [0, 0.1) is 23.2 Å². The number of benzene rings is 1. The predicted molar refractivity (Wildman–Crippen MR) is 141 cm³/mol. The van der Waals surface area contributed by atoms with Crippen LogP contribution in [0.5, 0.6) is 0 Å². The van der Waals surface area contributed by atoms with Gasteiger partial charge in [-0.25, -0.2) is 0 Å². The third-order valence-corrected chi connectivity index (χ3v) is 10.8. The van der Waals surface area contributed by atoms with E-state index >= 15 is 0 Å². The van der Waals surface area contributed by atoms with Gasteiger partial charge in [-0.2, -0.15) is 24.9 Å². The zero-order chi connectivity index (χ0) is 24.6. The summed E-state index contributed by atoms with van der Waals surface area (Å²) in [6, 6.07) is 5.65. The van der Waals surface area contributed by atoms with Gasteiger partial charge in [0.15, 0.2) is 0 Å². The van der Waals surface area contributed by atoms with Crippen LogP contribution < -0.4 is 4.90 Å². The quantitative estimate of drug-likeness (QED) is 0.414. The lowest BCUT2D eigenvalue weighted by Crippen LogP contribution is -2.54. The molecule has 0 N–H and O–H groups in total. The molecule has 1 atom stereocenters. The number of aliphatic imine (C=N–C) groups is 1. The number of anilines is 1. The summed E-state index contributed by atoms with van der Waals surface area (Å²) < 4.78 is 41.0. The molecule has 0 unspecified atom stereocenters. The molecule has 0 aromatic heterocycles. The van der Waals surface area contributed by atoms with Crippen LogP contribution in [-0.2, 0) is 6.18 Å². The molecule has 1 aromatic carbocycles. The molecule has 2 aliphatic heterocycles. The van der Waals surface area contributed by atoms with E-state index in [1.165, 1.54) is 31.4 Å². The van der Waals surface area contributed by atoms with Gasteiger partial charge in [0.05, 0.1) is 22.1 Å². The lowest BCUT2D eigenvalue weighted by molar-refractivity contribution is -0.137. The van der Waals surface area contributed by atoms with Gasteiger partial charge in [0.25, 0.3) is 0 Å². The number of halogens is 3. The van der Waals surface area contributed by atoms with E-state index in [2.05, 4.69) is 18.7 Å². The third kappa shape index (κ3) is 4.15. The van der Waals surface area contributed by atoms with Gasteiger partial charge in [0.1, 0.15) is 5.84 Å². The minimum absolute atomic E-state index is 0.0153. The molecule has 6 fully saturated rings. The Bertz CT molecular complexity index is 1010. The largest absolute Gasteiger partial charge is 0.416 e. The fraction of sp³-hybridized carbons (Fsp3) is 0.704. The highest BCUT2D eigenvalue weighted by molar-refractivity contribution is 7.99. The van der Waals surface area contributed by atoms with Gasteiger partial charge < -0.3 is 0 Å². The second kappa shape index (κ2) is 8.45. The summed E-state index contributed by atoms with van der Waals surface area (Å²) in [4.78, 5) is 10.8. The molecule has 1 aromatic rings. The lowest BCUT2D eigenvalue weighted by Gasteiger charge is -2.55. The smallest absolute Gasteiger partial charge is 0.291 e. The second-order valence-corrected chi connectivity index (χ2v) is 13.7. The van der Waals surface area contributed by atoms with Crippen molar-refractivity contribution in [3.05, 3.63) is 29.8 Å². The van der Waals surface area contributed by atoms with Gasteiger partial charge in [-0.05, 0) is 74.5 Å². The molecular formula is C27H34F3N3S2. The van der Waals surface area contributed by atoms with E-state index in [-0.39, 0.29) is 11.6 Å². The highest BCUT2D eigenvalue weighted by Gasteiger charge is 2.56. The molecule has 3 nitrogen and oxygen atoms in total. The zero-order valence-electron chi connectivity index (χ0n) is 20.5. The maximum atomic E-state index is 13.7. The van der Waals surface area contributed by atoms with E-state index in [0.29, 0.717) is 10.7 Å². The van der Waals surface area contributed by atoms with Gasteiger partial charge in [0.2, 0.25) is 0 Å². The van der Waals surface area contributed by atoms with Crippen LogP contribution in [0.1, 0.15) is 57.9 Å². The molecule has 7 rings (SSSR count). The molecule has 0 amide bonds. The van der Waals surface area contributed by atoms with Crippen molar-refractivity contribution in [2.24, 2.45) is 28.2 Å². The number of thioether (sulfide) groups is 1. The lowest BCUT2D eigenvalue weighted by atomic mass is 9.53. The fourth-order valence-corrected chi connectivity index (χ4v) is 9.28. The van der Waals surface area contributed by atoms with Crippen LogP contribution in [0.15, 0.2) is 29.3 Å². The maximum absolute atomic E-state index is 13.7. The molecule has 35 heavy (non-hydrogen) atoms. The van der Waals surface area contributed by atoms with Crippen molar-refractivity contribution >= 4 is 40.5 Å². The van der Waals surface area contributed by atoms with Crippen LogP contribution in [-0.4, -0.2) is 51.9 Å². The van der Waals surface area contributed by atoms with Gasteiger partial charge in [0, 0.05) is 35.7 Å². The van der Waals surface area contributed by atoms with E-state index in [4.69, 9.17) is 17.2 Å². The molecule has 2 heterocycles. The first-order valence-electron chi connectivity index (χ1n) is 13.0. The van der Waals surface area contributed by atoms with Gasteiger partial charge in [-0.3, -0.25) is 14.8 Å². The Morgan fingerprint density at radius 3 is 2.17 bits per heavy atom. The Kier molecular flexibility index (Phi) is 5.85. The van der Waals surface area contributed by atoms with Crippen molar-refractivity contribution in [1.82, 2.24) is 4.90 Å². The number of hydrogen-bond donors (Lipinski definition) is 0. The molecule has 0 spiro atoms. The van der Waals surface area contributed by atoms with Crippen molar-refractivity contribution in [3.8, 4) is 0 Å². The SMILES string of the molecule is CC1(C)C(=S)N(c2cccc(C(F)(F)F)c2)C(=NC23CC4CC(CC(C4)C2)C3)[C@@H]1N1CCSCC1. The number of nitrogens with zero attached hydrogens (tertiary/aromatic N) is 3. The normalized spacial score (nSPS) is 38.0. The van der Waals surface area contributed by atoms with Gasteiger partial charge >= 0.3 is 6.18 Å². The molecule has 190 valence electrons. The molecule has 0 radical (unpaired) electrons. The third-order valence-electron chi connectivity index (χ3n) is 9.11. The Morgan fingerprint density at radius 1 is 1.00 bits per heavy atom. The van der Waals surface area contributed by atoms with Crippen LogP contribution in [0.25, 0.3) is 0 Å². The summed E-state index contributed by atoms with van der Waals surface area (Å²) >= 11 is 8.02. The van der Waals surface area contributed by atoms with Crippen LogP contribution in [0.4, 0.5) is 18.9 Å². The number of amidine groups is 1. The van der Waals surface area contributed by atoms with E-state index < -0.39 is 17.2 Å². The Balaban J connectivity index is 1.48. The number of hydrogen-bond acceptors (Lipinski definition) is 4. The summed E-state index contributed by atoms with van der Waals surface area (Å²) in [6.07, 6.45) is 2.96. The summed E-state index contributed by atoms with van der Waals surface area (Å²) in [6.45, 7) is 6.23. The van der Waals surface area contributed by atoms with E-state index in [1.54, 1.807) is 6.07 Å². The fourth-order valence-electron chi connectivity index (χ4n) is 8.04. The number of alkyl halides is 3. The molecule has 4 bridgehead atoms. The molecule has 4 aliphatic carbocycles. The van der Waals surface area contributed by atoms with Crippen molar-refractivity contribution in [1.29, 1.82) is 0 Å². The number of rotatable bonds is 3. The molecular weight excluding hydrogens is 487 g/mol. The molecule has 8 heteroatoms. The highest BCUT2D eigenvalue weighted by atomic mass is 32.2. The van der Waals surface area contributed by atoms with Crippen LogP contribution >= 0.6 is 24.0 Å². The van der Waals surface area contributed by atoms with Gasteiger partial charge in [-0.1, -0.05) is 32.1 Å². The van der Waals surface area contributed by atoms with Crippen molar-refractivity contribution in [2.75, 3.05) is 29.5 Å². The summed E-state index contributed by atoms with van der Waals surface area (Å²) in [7, 11) is 0. The van der Waals surface area contributed by atoms with Crippen molar-refractivity contribution < 1.29 is 13.2 Å². The van der Waals surface area contributed by atoms with Gasteiger partial charge in [-0.15, -0.1) is 0 Å². The van der Waals surface area contributed by atoms with Crippen molar-refractivity contribution in [3.63, 3.8) is 0 Å². The zero-order valence-corrected chi connectivity index (χ0v) is 22.1. The Morgan fingerprint density at radius 2 is 1.60 bits per heavy atom. The minimum Gasteiger partial charge on any atom is -0.291 e. The average Bonchev–Trinajstić information content (AvgIpc) is 2.97. The Hall–Kier alpha value is -1.12. The Labute approximate surface area is 215 Å². The topological polar surface area (TPSA) is 18.8 Å². The minimum atomic E-state index is -4.40. The van der Waals surface area contributed by atoms with Crippen molar-refractivity contribution in [2.45, 2.75) is 70.1 Å². The van der Waals surface area contributed by atoms with E-state index in [1.807, 2.05) is 16.7 Å². The summed E-state index contributed by atoms with van der Waals surface area (Å²) in [5.74, 6) is 5.27. The van der Waals surface area contributed by atoms with E-state index in [9.17, 15) is 13.2 Å². The summed E-state index contributed by atoms with van der Waals surface area (Å²) in [5.41, 5.74) is -0.618. The first kappa shape index (κ1) is 24.2. The molecule has 2 saturated heterocycles. The maximum Gasteiger partial charge on any atom is 0.416 e. The van der Waals surface area contributed by atoms with Crippen LogP contribution in [0.3, 0.4) is 0 Å². The van der Waals surface area contributed by atoms with Crippen LogP contribution in [0.2, 0.25) is 0 Å². The molecule has 6 aliphatic rings. The molecule has 4 saturated carbocycles. The van der Waals surface area contributed by atoms with E-state index in [0.717, 1.165) is 73.5 Å². The number of thiocarbonyl (C=S) groups is 1. The highest BCUT2D eigenvalue weighted by Crippen LogP contribution is 2.58. The monoisotopic (exact) mass is 521 g/mol. The first-order valence-corrected chi connectivity index (χ1v) is 14.6. The average molecular weight is 522 g/mol. The summed E-state index contributed by atoms with van der Waals surface area (Å²) in [5, 5.41) is 0.